The lowest BCUT2D eigenvalue weighted by Crippen LogP contribution is -2.41. The van der Waals surface area contributed by atoms with E-state index in [0.717, 1.165) is 5.56 Å². The highest BCUT2D eigenvalue weighted by molar-refractivity contribution is 5.83. The summed E-state index contributed by atoms with van der Waals surface area (Å²) in [5.41, 5.74) is 0.920. The van der Waals surface area contributed by atoms with Gasteiger partial charge in [0.05, 0.1) is 6.20 Å². The van der Waals surface area contributed by atoms with E-state index >= 15 is 0 Å². The van der Waals surface area contributed by atoms with E-state index in [1.807, 2.05) is 44.2 Å². The van der Waals surface area contributed by atoms with Crippen LogP contribution in [-0.2, 0) is 16.0 Å². The van der Waals surface area contributed by atoms with Gasteiger partial charge in [-0.05, 0) is 12.3 Å². The minimum atomic E-state index is -1.01. The van der Waals surface area contributed by atoms with Crippen LogP contribution in [0.1, 0.15) is 32.6 Å². The molecule has 1 unspecified atom stereocenters. The van der Waals surface area contributed by atoms with Gasteiger partial charge >= 0.3 is 5.97 Å². The molecule has 0 bridgehead atoms. The summed E-state index contributed by atoms with van der Waals surface area (Å²) >= 11 is 0. The Morgan fingerprint density at radius 3 is 2.58 bits per heavy atom. The molecule has 2 N–H and O–H groups in total. The van der Waals surface area contributed by atoms with E-state index in [2.05, 4.69) is 10.3 Å². The first-order valence-electron chi connectivity index (χ1n) is 7.98. The lowest BCUT2D eigenvalue weighted by molar-refractivity contribution is -0.142. The molecule has 24 heavy (non-hydrogen) atoms. The molecule has 2 aromatic rings. The van der Waals surface area contributed by atoms with Crippen molar-refractivity contribution in [3.05, 3.63) is 42.4 Å². The third kappa shape index (κ3) is 5.22. The third-order valence-corrected chi connectivity index (χ3v) is 3.52. The van der Waals surface area contributed by atoms with Crippen LogP contribution in [0, 0.1) is 5.92 Å². The molecule has 128 valence electrons. The molecule has 0 radical (unpaired) electrons. The second-order valence-electron chi connectivity index (χ2n) is 6.07. The standard InChI is InChI=1S/C18H22N2O4/c1-12(2)10-14(18(22)23)20-16(21)8-9-17-19-11-15(24-17)13-6-4-3-5-7-13/h3-7,11-12,14H,8-10H2,1-2H3,(H,20,21)(H,22,23). The van der Waals surface area contributed by atoms with E-state index in [1.54, 1.807) is 6.20 Å². The number of oxazole rings is 1. The normalized spacial score (nSPS) is 12.1. The molecule has 1 atom stereocenters. The summed E-state index contributed by atoms with van der Waals surface area (Å²) in [4.78, 5) is 27.3. The number of aryl methyl sites for hydroxylation is 1. The number of carboxylic acid groups (broad SMARTS) is 1. The molecule has 0 aliphatic rings. The number of aliphatic carboxylic acids is 1. The maximum absolute atomic E-state index is 11.9. The van der Waals surface area contributed by atoms with Crippen LogP contribution in [0.15, 0.2) is 40.9 Å². The van der Waals surface area contributed by atoms with Gasteiger partial charge < -0.3 is 14.8 Å². The van der Waals surface area contributed by atoms with Gasteiger partial charge in [-0.15, -0.1) is 0 Å². The molecule has 0 saturated carbocycles. The van der Waals surface area contributed by atoms with Gasteiger partial charge in [0.25, 0.3) is 0 Å². The molecule has 2 rings (SSSR count). The van der Waals surface area contributed by atoms with Crippen LogP contribution < -0.4 is 5.32 Å². The smallest absolute Gasteiger partial charge is 0.326 e. The Morgan fingerprint density at radius 2 is 1.96 bits per heavy atom. The summed E-state index contributed by atoms with van der Waals surface area (Å²) < 4.78 is 5.63. The number of carbonyl (C=O) groups excluding carboxylic acids is 1. The molecule has 1 amide bonds. The fourth-order valence-electron chi connectivity index (χ4n) is 2.34. The second-order valence-corrected chi connectivity index (χ2v) is 6.07. The minimum absolute atomic E-state index is 0.136. The highest BCUT2D eigenvalue weighted by Crippen LogP contribution is 2.20. The number of carbonyl (C=O) groups is 2. The lowest BCUT2D eigenvalue weighted by Gasteiger charge is -2.16. The number of hydrogen-bond donors (Lipinski definition) is 2. The van der Waals surface area contributed by atoms with E-state index in [-0.39, 0.29) is 18.2 Å². The zero-order valence-electron chi connectivity index (χ0n) is 13.9. The van der Waals surface area contributed by atoms with E-state index in [4.69, 9.17) is 9.52 Å². The number of amides is 1. The summed E-state index contributed by atoms with van der Waals surface area (Å²) in [5, 5.41) is 11.7. The van der Waals surface area contributed by atoms with Crippen molar-refractivity contribution in [3.8, 4) is 11.3 Å². The van der Waals surface area contributed by atoms with Crippen molar-refractivity contribution in [1.29, 1.82) is 0 Å². The predicted octanol–water partition coefficient (Wildman–Crippen LogP) is 2.89. The van der Waals surface area contributed by atoms with Crippen LogP contribution in [-0.4, -0.2) is 28.0 Å². The Hall–Kier alpha value is -2.63. The van der Waals surface area contributed by atoms with E-state index in [1.165, 1.54) is 0 Å². The largest absolute Gasteiger partial charge is 0.480 e. The Balaban J connectivity index is 1.88. The summed E-state index contributed by atoms with van der Waals surface area (Å²) in [6.07, 6.45) is 2.49. The molecule has 0 aliphatic heterocycles. The first-order valence-corrected chi connectivity index (χ1v) is 7.98. The van der Waals surface area contributed by atoms with Gasteiger partial charge in [-0.1, -0.05) is 44.2 Å². The van der Waals surface area contributed by atoms with Gasteiger partial charge in [0.2, 0.25) is 5.91 Å². The SMILES string of the molecule is CC(C)CC(NC(=O)CCc1ncc(-c2ccccc2)o1)C(=O)O. The lowest BCUT2D eigenvalue weighted by atomic mass is 10.0. The number of benzene rings is 1. The van der Waals surface area contributed by atoms with Gasteiger partial charge in [-0.3, -0.25) is 4.79 Å². The quantitative estimate of drug-likeness (QED) is 0.776. The molecule has 1 heterocycles. The molecule has 0 fully saturated rings. The Kier molecular flexibility index (Phi) is 6.12. The first-order chi connectivity index (χ1) is 11.5. The monoisotopic (exact) mass is 330 g/mol. The van der Waals surface area contributed by atoms with Crippen molar-refractivity contribution >= 4 is 11.9 Å². The first kappa shape index (κ1) is 17.7. The second kappa shape index (κ2) is 8.29. The van der Waals surface area contributed by atoms with Crippen molar-refractivity contribution in [2.24, 2.45) is 5.92 Å². The maximum Gasteiger partial charge on any atom is 0.326 e. The molecular formula is C18H22N2O4. The Bertz CT molecular complexity index is 679. The van der Waals surface area contributed by atoms with Crippen molar-refractivity contribution in [2.45, 2.75) is 39.2 Å². The average molecular weight is 330 g/mol. The number of carboxylic acids is 1. The highest BCUT2D eigenvalue weighted by atomic mass is 16.4. The van der Waals surface area contributed by atoms with Crippen LogP contribution in [0.25, 0.3) is 11.3 Å². The van der Waals surface area contributed by atoms with E-state index in [9.17, 15) is 9.59 Å². The number of rotatable bonds is 8. The predicted molar refractivity (Wildman–Crippen MR) is 89.3 cm³/mol. The van der Waals surface area contributed by atoms with Crippen molar-refractivity contribution in [1.82, 2.24) is 10.3 Å². The van der Waals surface area contributed by atoms with Crippen LogP contribution in [0.5, 0.6) is 0 Å². The molecule has 6 heteroatoms. The zero-order chi connectivity index (χ0) is 17.5. The number of hydrogen-bond acceptors (Lipinski definition) is 4. The van der Waals surface area contributed by atoms with Gasteiger partial charge in [0.1, 0.15) is 6.04 Å². The molecule has 0 aliphatic carbocycles. The molecule has 1 aromatic carbocycles. The topological polar surface area (TPSA) is 92.4 Å². The summed E-state index contributed by atoms with van der Waals surface area (Å²) in [6.45, 7) is 3.83. The molecular weight excluding hydrogens is 308 g/mol. The zero-order valence-corrected chi connectivity index (χ0v) is 13.9. The van der Waals surface area contributed by atoms with Crippen LogP contribution in [0.2, 0.25) is 0 Å². The molecule has 0 saturated heterocycles. The van der Waals surface area contributed by atoms with Crippen LogP contribution >= 0.6 is 0 Å². The minimum Gasteiger partial charge on any atom is -0.480 e. The van der Waals surface area contributed by atoms with Crippen LogP contribution in [0.4, 0.5) is 0 Å². The van der Waals surface area contributed by atoms with Gasteiger partial charge in [0.15, 0.2) is 11.7 Å². The fourth-order valence-corrected chi connectivity index (χ4v) is 2.34. The molecule has 0 spiro atoms. The van der Waals surface area contributed by atoms with Gasteiger partial charge in [-0.2, -0.15) is 0 Å². The average Bonchev–Trinajstić information content (AvgIpc) is 3.01. The Morgan fingerprint density at radius 1 is 1.25 bits per heavy atom. The van der Waals surface area contributed by atoms with Gasteiger partial charge in [0, 0.05) is 18.4 Å². The third-order valence-electron chi connectivity index (χ3n) is 3.52. The summed E-state index contributed by atoms with van der Waals surface area (Å²) in [7, 11) is 0. The Labute approximate surface area is 140 Å². The summed E-state index contributed by atoms with van der Waals surface area (Å²) in [6, 6.07) is 8.71. The highest BCUT2D eigenvalue weighted by Gasteiger charge is 2.21. The number of nitrogens with one attached hydrogen (secondary N) is 1. The van der Waals surface area contributed by atoms with Gasteiger partial charge in [-0.25, -0.2) is 9.78 Å². The molecule has 6 nitrogen and oxygen atoms in total. The van der Waals surface area contributed by atoms with Crippen molar-refractivity contribution in [3.63, 3.8) is 0 Å². The number of aromatic nitrogens is 1. The summed E-state index contributed by atoms with van der Waals surface area (Å²) in [5.74, 6) is -0.0393. The van der Waals surface area contributed by atoms with Crippen LogP contribution in [0.3, 0.4) is 0 Å². The fraction of sp³-hybridized carbons (Fsp3) is 0.389. The van der Waals surface area contributed by atoms with E-state index < -0.39 is 12.0 Å². The maximum atomic E-state index is 11.9. The van der Waals surface area contributed by atoms with Crippen molar-refractivity contribution < 1.29 is 19.1 Å². The van der Waals surface area contributed by atoms with Crippen molar-refractivity contribution in [2.75, 3.05) is 0 Å². The van der Waals surface area contributed by atoms with E-state index in [0.29, 0.717) is 24.5 Å². The molecule has 1 aromatic heterocycles. The number of nitrogens with zero attached hydrogens (tertiary/aromatic N) is 1.